The fourth-order valence-corrected chi connectivity index (χ4v) is 3.02. The molecule has 0 aromatic heterocycles. The molecule has 0 aliphatic rings. The summed E-state index contributed by atoms with van der Waals surface area (Å²) in [6, 6.07) is 2.13. The summed E-state index contributed by atoms with van der Waals surface area (Å²) in [4.78, 5) is -0.130. The van der Waals surface area contributed by atoms with Gasteiger partial charge >= 0.3 is 0 Å². The third-order valence-electron chi connectivity index (χ3n) is 2.98. The molecular weight excluding hydrogens is 255 g/mol. The average Bonchev–Trinajstić information content (AvgIpc) is 2.32. The van der Waals surface area contributed by atoms with E-state index >= 15 is 0 Å². The lowest BCUT2D eigenvalue weighted by atomic mass is 10.2. The highest BCUT2D eigenvalue weighted by Crippen LogP contribution is 2.21. The van der Waals surface area contributed by atoms with Gasteiger partial charge in [-0.1, -0.05) is 13.8 Å². The Bertz CT molecular complexity index is 502. The van der Waals surface area contributed by atoms with Crippen LogP contribution in [0.1, 0.15) is 32.3 Å². The molecule has 102 valence electrons. The van der Waals surface area contributed by atoms with E-state index in [-0.39, 0.29) is 22.2 Å². The predicted molar refractivity (Wildman–Crippen MR) is 70.2 cm³/mol. The number of rotatable bonds is 5. The number of anilines is 1. The highest BCUT2D eigenvalue weighted by Gasteiger charge is 2.20. The van der Waals surface area contributed by atoms with E-state index in [9.17, 15) is 12.8 Å². The van der Waals surface area contributed by atoms with E-state index in [2.05, 4.69) is 4.72 Å². The summed E-state index contributed by atoms with van der Waals surface area (Å²) in [5, 5.41) is 0. The Balaban J connectivity index is 3.13. The molecule has 0 aliphatic carbocycles. The molecule has 0 saturated heterocycles. The SMILES string of the molecule is CCC(CC)NS(=O)(=O)c1cc(N)c(C)c(F)c1. The van der Waals surface area contributed by atoms with E-state index < -0.39 is 15.8 Å². The van der Waals surface area contributed by atoms with Gasteiger partial charge in [-0.15, -0.1) is 0 Å². The smallest absolute Gasteiger partial charge is 0.240 e. The number of hydrogen-bond donors (Lipinski definition) is 2. The van der Waals surface area contributed by atoms with E-state index in [4.69, 9.17) is 5.73 Å². The third-order valence-corrected chi connectivity index (χ3v) is 4.48. The normalized spacial score (nSPS) is 12.1. The van der Waals surface area contributed by atoms with Crippen LogP contribution < -0.4 is 10.5 Å². The molecule has 0 amide bonds. The Kier molecular flexibility index (Phi) is 4.70. The van der Waals surface area contributed by atoms with Gasteiger partial charge < -0.3 is 5.73 Å². The standard InChI is InChI=1S/C12H19FN2O2S/c1-4-9(5-2)15-18(16,17)10-6-11(13)8(3)12(14)7-10/h6-7,9,15H,4-5,14H2,1-3H3. The topological polar surface area (TPSA) is 72.2 Å². The van der Waals surface area contributed by atoms with Crippen molar-refractivity contribution in [3.05, 3.63) is 23.5 Å². The Morgan fingerprint density at radius 3 is 2.33 bits per heavy atom. The van der Waals surface area contributed by atoms with Crippen LogP contribution in [0.5, 0.6) is 0 Å². The van der Waals surface area contributed by atoms with Gasteiger partial charge in [-0.3, -0.25) is 0 Å². The molecule has 1 aromatic carbocycles. The van der Waals surface area contributed by atoms with Crippen molar-refractivity contribution in [2.75, 3.05) is 5.73 Å². The van der Waals surface area contributed by atoms with E-state index in [1.54, 1.807) is 0 Å². The van der Waals surface area contributed by atoms with Crippen LogP contribution in [0, 0.1) is 12.7 Å². The third kappa shape index (κ3) is 3.20. The maximum atomic E-state index is 13.5. The van der Waals surface area contributed by atoms with Crippen molar-refractivity contribution >= 4 is 15.7 Å². The van der Waals surface area contributed by atoms with Gasteiger partial charge in [0, 0.05) is 17.3 Å². The number of nitrogens with two attached hydrogens (primary N) is 1. The molecule has 1 rings (SSSR count). The van der Waals surface area contributed by atoms with Crippen molar-refractivity contribution in [3.63, 3.8) is 0 Å². The second-order valence-electron chi connectivity index (χ2n) is 4.25. The lowest BCUT2D eigenvalue weighted by Gasteiger charge is -2.15. The van der Waals surface area contributed by atoms with Crippen LogP contribution in [0.2, 0.25) is 0 Å². The molecule has 6 heteroatoms. The Labute approximate surface area is 107 Å². The van der Waals surface area contributed by atoms with Crippen molar-refractivity contribution in [2.24, 2.45) is 0 Å². The van der Waals surface area contributed by atoms with Crippen LogP contribution >= 0.6 is 0 Å². The number of benzene rings is 1. The molecule has 0 atom stereocenters. The molecule has 0 heterocycles. The highest BCUT2D eigenvalue weighted by molar-refractivity contribution is 7.89. The van der Waals surface area contributed by atoms with Crippen LogP contribution in [-0.2, 0) is 10.0 Å². The summed E-state index contributed by atoms with van der Waals surface area (Å²) in [6.07, 6.45) is 1.36. The Morgan fingerprint density at radius 1 is 1.33 bits per heavy atom. The zero-order valence-electron chi connectivity index (χ0n) is 10.8. The van der Waals surface area contributed by atoms with Gasteiger partial charge in [0.25, 0.3) is 0 Å². The van der Waals surface area contributed by atoms with Gasteiger partial charge in [0.1, 0.15) is 5.82 Å². The monoisotopic (exact) mass is 274 g/mol. The van der Waals surface area contributed by atoms with Gasteiger partial charge in [-0.25, -0.2) is 17.5 Å². The first-order valence-electron chi connectivity index (χ1n) is 5.89. The van der Waals surface area contributed by atoms with Crippen molar-refractivity contribution in [2.45, 2.75) is 44.6 Å². The van der Waals surface area contributed by atoms with Crippen molar-refractivity contribution < 1.29 is 12.8 Å². The van der Waals surface area contributed by atoms with Crippen molar-refractivity contribution in [1.82, 2.24) is 4.72 Å². The predicted octanol–water partition coefficient (Wildman–Crippen LogP) is 2.18. The minimum Gasteiger partial charge on any atom is -0.398 e. The molecule has 18 heavy (non-hydrogen) atoms. The van der Waals surface area contributed by atoms with Gasteiger partial charge in [0.15, 0.2) is 0 Å². The summed E-state index contributed by atoms with van der Waals surface area (Å²) in [5.74, 6) is -0.611. The van der Waals surface area contributed by atoms with Gasteiger partial charge in [-0.2, -0.15) is 0 Å². The summed E-state index contributed by atoms with van der Waals surface area (Å²) in [7, 11) is -3.72. The molecule has 0 saturated carbocycles. The summed E-state index contributed by atoms with van der Waals surface area (Å²) < 4.78 is 40.1. The zero-order chi connectivity index (χ0) is 13.9. The first-order chi connectivity index (χ1) is 8.31. The van der Waals surface area contributed by atoms with Crippen molar-refractivity contribution in [1.29, 1.82) is 0 Å². The minimum absolute atomic E-state index is 0.130. The number of halogens is 1. The van der Waals surface area contributed by atoms with E-state index in [1.807, 2.05) is 13.8 Å². The molecule has 0 fully saturated rings. The first kappa shape index (κ1) is 14.9. The molecular formula is C12H19FN2O2S. The van der Waals surface area contributed by atoms with Crippen LogP contribution in [-0.4, -0.2) is 14.5 Å². The minimum atomic E-state index is -3.72. The van der Waals surface area contributed by atoms with Crippen LogP contribution in [0.4, 0.5) is 10.1 Å². The number of nitrogens with one attached hydrogen (secondary N) is 1. The lowest BCUT2D eigenvalue weighted by molar-refractivity contribution is 0.529. The molecule has 1 aromatic rings. The summed E-state index contributed by atoms with van der Waals surface area (Å²) >= 11 is 0. The van der Waals surface area contributed by atoms with Crippen LogP contribution in [0.25, 0.3) is 0 Å². The Morgan fingerprint density at radius 2 is 1.89 bits per heavy atom. The van der Waals surface area contributed by atoms with E-state index in [0.717, 1.165) is 6.07 Å². The average molecular weight is 274 g/mol. The fraction of sp³-hybridized carbons (Fsp3) is 0.500. The summed E-state index contributed by atoms with van der Waals surface area (Å²) in [5.41, 5.74) is 5.98. The molecule has 0 unspecified atom stereocenters. The van der Waals surface area contributed by atoms with Crippen molar-refractivity contribution in [3.8, 4) is 0 Å². The maximum Gasteiger partial charge on any atom is 0.240 e. The molecule has 4 nitrogen and oxygen atoms in total. The van der Waals surface area contributed by atoms with Crippen LogP contribution in [0.15, 0.2) is 17.0 Å². The fourth-order valence-electron chi connectivity index (χ4n) is 1.57. The summed E-state index contributed by atoms with van der Waals surface area (Å²) in [6.45, 7) is 5.29. The highest BCUT2D eigenvalue weighted by atomic mass is 32.2. The van der Waals surface area contributed by atoms with Crippen LogP contribution in [0.3, 0.4) is 0 Å². The second kappa shape index (κ2) is 5.67. The Hall–Kier alpha value is -1.14. The quantitative estimate of drug-likeness (QED) is 0.808. The maximum absolute atomic E-state index is 13.5. The van der Waals surface area contributed by atoms with Gasteiger partial charge in [0.2, 0.25) is 10.0 Å². The lowest BCUT2D eigenvalue weighted by Crippen LogP contribution is -2.34. The second-order valence-corrected chi connectivity index (χ2v) is 5.97. The van der Waals surface area contributed by atoms with E-state index in [1.165, 1.54) is 13.0 Å². The molecule has 0 bridgehead atoms. The zero-order valence-corrected chi connectivity index (χ0v) is 11.6. The van der Waals surface area contributed by atoms with Gasteiger partial charge in [-0.05, 0) is 31.9 Å². The number of sulfonamides is 1. The number of nitrogen functional groups attached to an aromatic ring is 1. The van der Waals surface area contributed by atoms with Gasteiger partial charge in [0.05, 0.1) is 4.90 Å². The molecule has 0 radical (unpaired) electrons. The molecule has 0 aliphatic heterocycles. The molecule has 3 N–H and O–H groups in total. The van der Waals surface area contributed by atoms with E-state index in [0.29, 0.717) is 12.8 Å². The largest absolute Gasteiger partial charge is 0.398 e. The molecule has 0 spiro atoms. The first-order valence-corrected chi connectivity index (χ1v) is 7.38. The number of hydrogen-bond acceptors (Lipinski definition) is 3.